The van der Waals surface area contributed by atoms with Crippen molar-refractivity contribution in [1.29, 1.82) is 0 Å². The smallest absolute Gasteiger partial charge is 0.0447 e. The van der Waals surface area contributed by atoms with Crippen molar-refractivity contribution in [3.8, 4) is 0 Å². The van der Waals surface area contributed by atoms with Crippen LogP contribution >= 0.6 is 12.4 Å². The van der Waals surface area contributed by atoms with Gasteiger partial charge in [0.2, 0.25) is 0 Å². The van der Waals surface area contributed by atoms with Gasteiger partial charge in [-0.2, -0.15) is 0 Å². The van der Waals surface area contributed by atoms with Crippen LogP contribution in [-0.2, 0) is 10.8 Å². The lowest BCUT2D eigenvalue weighted by Gasteiger charge is -2.31. The predicted octanol–water partition coefficient (Wildman–Crippen LogP) is 0.208. The fourth-order valence-corrected chi connectivity index (χ4v) is 2.75. The first-order valence-electron chi connectivity index (χ1n) is 4.44. The normalized spacial score (nSPS) is 32.2. The standard InChI is InChI=1S/C8H18N2OS.ClH/c1-7(9)5-10-3-4-12(11)8(2)6-10;/h7-8H,3-6,9H2,1-2H3;1H. The summed E-state index contributed by atoms with van der Waals surface area (Å²) in [5, 5.41) is 0.317. The summed E-state index contributed by atoms with van der Waals surface area (Å²) in [7, 11) is -0.603. The molecule has 2 N–H and O–H groups in total. The molecule has 0 aromatic rings. The van der Waals surface area contributed by atoms with Gasteiger partial charge in [-0.05, 0) is 13.8 Å². The lowest BCUT2D eigenvalue weighted by molar-refractivity contribution is 0.269. The van der Waals surface area contributed by atoms with Gasteiger partial charge in [-0.25, -0.2) is 0 Å². The molecule has 0 aromatic carbocycles. The van der Waals surface area contributed by atoms with E-state index in [4.69, 9.17) is 5.73 Å². The molecular formula is C8H19ClN2OS. The van der Waals surface area contributed by atoms with E-state index in [2.05, 4.69) is 4.90 Å². The minimum Gasteiger partial charge on any atom is -0.327 e. The van der Waals surface area contributed by atoms with Crippen LogP contribution in [-0.4, -0.2) is 45.8 Å². The molecule has 0 saturated carbocycles. The van der Waals surface area contributed by atoms with Gasteiger partial charge >= 0.3 is 0 Å². The van der Waals surface area contributed by atoms with E-state index in [-0.39, 0.29) is 18.4 Å². The average molecular weight is 227 g/mol. The van der Waals surface area contributed by atoms with Crippen LogP contribution in [0.3, 0.4) is 0 Å². The molecule has 0 bridgehead atoms. The van der Waals surface area contributed by atoms with Crippen molar-refractivity contribution >= 4 is 23.2 Å². The Labute approximate surface area is 88.9 Å². The van der Waals surface area contributed by atoms with Crippen molar-refractivity contribution in [2.24, 2.45) is 5.73 Å². The highest BCUT2D eigenvalue weighted by molar-refractivity contribution is 7.85. The fourth-order valence-electron chi connectivity index (χ4n) is 1.53. The Hall–Kier alpha value is 0.360. The average Bonchev–Trinajstić information content (AvgIpc) is 1.96. The van der Waals surface area contributed by atoms with Gasteiger partial charge in [0, 0.05) is 47.5 Å². The molecule has 0 aromatic heterocycles. The van der Waals surface area contributed by atoms with Gasteiger partial charge in [0.25, 0.3) is 0 Å². The van der Waals surface area contributed by atoms with E-state index in [0.717, 1.165) is 25.4 Å². The SMILES string of the molecule is CC(N)CN1CCS(=O)C(C)C1.Cl. The van der Waals surface area contributed by atoms with Crippen LogP contribution in [0, 0.1) is 0 Å². The molecule has 0 spiro atoms. The van der Waals surface area contributed by atoms with Crippen molar-refractivity contribution in [3.63, 3.8) is 0 Å². The first kappa shape index (κ1) is 13.4. The number of nitrogens with zero attached hydrogens (tertiary/aromatic N) is 1. The van der Waals surface area contributed by atoms with Crippen molar-refractivity contribution in [3.05, 3.63) is 0 Å². The molecule has 1 aliphatic rings. The summed E-state index contributed by atoms with van der Waals surface area (Å²) < 4.78 is 11.3. The maximum absolute atomic E-state index is 11.3. The third-order valence-electron chi connectivity index (χ3n) is 2.12. The molecule has 1 fully saturated rings. The van der Waals surface area contributed by atoms with Crippen LogP contribution in [0.2, 0.25) is 0 Å². The molecule has 1 saturated heterocycles. The molecule has 0 amide bonds. The van der Waals surface area contributed by atoms with E-state index < -0.39 is 10.8 Å². The van der Waals surface area contributed by atoms with Crippen molar-refractivity contribution in [1.82, 2.24) is 4.90 Å². The van der Waals surface area contributed by atoms with Crippen LogP contribution in [0.25, 0.3) is 0 Å². The monoisotopic (exact) mass is 226 g/mol. The van der Waals surface area contributed by atoms with E-state index in [9.17, 15) is 4.21 Å². The highest BCUT2D eigenvalue weighted by Crippen LogP contribution is 2.07. The van der Waals surface area contributed by atoms with Gasteiger partial charge in [0.05, 0.1) is 0 Å². The number of hydrogen-bond donors (Lipinski definition) is 1. The molecule has 0 aliphatic carbocycles. The molecule has 1 heterocycles. The molecule has 3 nitrogen and oxygen atoms in total. The molecule has 5 heteroatoms. The maximum atomic E-state index is 11.3. The molecule has 3 atom stereocenters. The summed E-state index contributed by atoms with van der Waals surface area (Å²) in [5.41, 5.74) is 5.69. The van der Waals surface area contributed by atoms with E-state index >= 15 is 0 Å². The minimum atomic E-state index is -0.603. The van der Waals surface area contributed by atoms with Gasteiger partial charge in [-0.1, -0.05) is 0 Å². The third-order valence-corrected chi connectivity index (χ3v) is 3.75. The molecule has 1 aliphatic heterocycles. The molecular weight excluding hydrogens is 208 g/mol. The van der Waals surface area contributed by atoms with E-state index in [1.165, 1.54) is 0 Å². The van der Waals surface area contributed by atoms with Gasteiger partial charge in [0.1, 0.15) is 0 Å². The lowest BCUT2D eigenvalue weighted by atomic mass is 10.3. The van der Waals surface area contributed by atoms with Crippen molar-refractivity contribution in [2.45, 2.75) is 25.1 Å². The maximum Gasteiger partial charge on any atom is 0.0447 e. The highest BCUT2D eigenvalue weighted by atomic mass is 35.5. The minimum absolute atomic E-state index is 0. The van der Waals surface area contributed by atoms with Crippen LogP contribution in [0.4, 0.5) is 0 Å². The summed E-state index contributed by atoms with van der Waals surface area (Å²) in [6, 6.07) is 0.226. The van der Waals surface area contributed by atoms with Gasteiger partial charge < -0.3 is 5.73 Å². The Morgan fingerprint density at radius 3 is 2.77 bits per heavy atom. The van der Waals surface area contributed by atoms with Crippen LogP contribution < -0.4 is 5.73 Å². The van der Waals surface area contributed by atoms with E-state index in [1.54, 1.807) is 0 Å². The van der Waals surface area contributed by atoms with Gasteiger partial charge in [-0.15, -0.1) is 12.4 Å². The summed E-state index contributed by atoms with van der Waals surface area (Å²) in [5.74, 6) is 0.813. The Balaban J connectivity index is 0.00000144. The second-order valence-electron chi connectivity index (χ2n) is 3.63. The van der Waals surface area contributed by atoms with E-state index in [0.29, 0.717) is 5.25 Å². The summed E-state index contributed by atoms with van der Waals surface area (Å²) in [4.78, 5) is 2.30. The summed E-state index contributed by atoms with van der Waals surface area (Å²) in [6.45, 7) is 6.87. The highest BCUT2D eigenvalue weighted by Gasteiger charge is 2.22. The quantitative estimate of drug-likeness (QED) is 0.732. The molecule has 3 unspecified atom stereocenters. The second kappa shape index (κ2) is 5.96. The molecule has 0 radical (unpaired) electrons. The second-order valence-corrected chi connectivity index (χ2v) is 5.61. The largest absolute Gasteiger partial charge is 0.327 e. The number of hydrogen-bond acceptors (Lipinski definition) is 3. The number of rotatable bonds is 2. The van der Waals surface area contributed by atoms with Crippen LogP contribution in [0.5, 0.6) is 0 Å². The Morgan fingerprint density at radius 2 is 2.31 bits per heavy atom. The topological polar surface area (TPSA) is 46.3 Å². The first-order chi connectivity index (χ1) is 5.59. The lowest BCUT2D eigenvalue weighted by Crippen LogP contribution is -2.46. The van der Waals surface area contributed by atoms with Crippen molar-refractivity contribution < 1.29 is 4.21 Å². The Morgan fingerprint density at radius 1 is 1.69 bits per heavy atom. The Kier molecular flexibility index (Phi) is 6.12. The first-order valence-corrected chi connectivity index (χ1v) is 5.83. The van der Waals surface area contributed by atoms with Crippen LogP contribution in [0.15, 0.2) is 0 Å². The van der Waals surface area contributed by atoms with Gasteiger partial charge in [-0.3, -0.25) is 9.11 Å². The van der Waals surface area contributed by atoms with E-state index in [1.807, 2.05) is 13.8 Å². The zero-order valence-electron chi connectivity index (χ0n) is 8.23. The third kappa shape index (κ3) is 4.40. The fraction of sp³-hybridized carbons (Fsp3) is 1.00. The summed E-state index contributed by atoms with van der Waals surface area (Å²) >= 11 is 0. The van der Waals surface area contributed by atoms with Crippen molar-refractivity contribution in [2.75, 3.05) is 25.4 Å². The molecule has 13 heavy (non-hydrogen) atoms. The zero-order valence-corrected chi connectivity index (χ0v) is 9.87. The zero-order chi connectivity index (χ0) is 9.14. The number of nitrogens with two attached hydrogens (primary N) is 1. The predicted molar refractivity (Wildman–Crippen MR) is 59.8 cm³/mol. The number of halogens is 1. The summed E-state index contributed by atoms with van der Waals surface area (Å²) in [6.07, 6.45) is 0. The van der Waals surface area contributed by atoms with Crippen LogP contribution in [0.1, 0.15) is 13.8 Å². The molecule has 1 rings (SSSR count). The molecule has 80 valence electrons. The Bertz CT molecular complexity index is 178. The van der Waals surface area contributed by atoms with Gasteiger partial charge in [0.15, 0.2) is 0 Å².